The first-order valence-electron chi connectivity index (χ1n) is 14.5. The SMILES string of the molecule is CN(C)c1cc(OCC[N+](C)(C)C)c2ccc3c(S(=O)(=O)N(C)CCC(=O)O)cc(S(=O)(=O)N(C)CCC(=O)O)c4ccc1c2c34. The molecule has 4 aromatic rings. The van der Waals surface area contributed by atoms with Crippen LogP contribution in [0.4, 0.5) is 5.69 Å². The molecule has 0 radical (unpaired) electrons. The average molecular weight is 678 g/mol. The highest BCUT2D eigenvalue weighted by molar-refractivity contribution is 7.90. The molecule has 250 valence electrons. The molecule has 0 saturated heterocycles. The second-order valence-electron chi connectivity index (χ2n) is 12.5. The molecule has 0 aliphatic carbocycles. The van der Waals surface area contributed by atoms with Gasteiger partial charge in [-0.2, -0.15) is 0 Å². The molecule has 0 saturated carbocycles. The number of rotatable bonds is 15. The maximum atomic E-state index is 14.0. The van der Waals surface area contributed by atoms with E-state index in [2.05, 4.69) is 0 Å². The summed E-state index contributed by atoms with van der Waals surface area (Å²) < 4.78 is 64.9. The first kappa shape index (κ1) is 35.1. The van der Waals surface area contributed by atoms with E-state index in [9.17, 15) is 36.6 Å². The Hall–Kier alpha value is -3.76. The lowest BCUT2D eigenvalue weighted by Crippen LogP contribution is -2.38. The molecule has 0 aliphatic rings. The molecule has 0 fully saturated rings. The molecule has 0 unspecified atom stereocenters. The van der Waals surface area contributed by atoms with Gasteiger partial charge in [0.15, 0.2) is 0 Å². The summed E-state index contributed by atoms with van der Waals surface area (Å²) in [5.41, 5.74) is 0.775. The second kappa shape index (κ2) is 12.8. The van der Waals surface area contributed by atoms with Crippen molar-refractivity contribution in [3.05, 3.63) is 36.4 Å². The van der Waals surface area contributed by atoms with E-state index >= 15 is 0 Å². The van der Waals surface area contributed by atoms with Crippen molar-refractivity contribution in [2.45, 2.75) is 22.6 Å². The summed E-state index contributed by atoms with van der Waals surface area (Å²) in [7, 11) is 3.53. The molecule has 0 aliphatic heterocycles. The van der Waals surface area contributed by atoms with Crippen LogP contribution in [-0.4, -0.2) is 128 Å². The molecular weight excluding hydrogens is 636 g/mol. The van der Waals surface area contributed by atoms with E-state index in [0.29, 0.717) is 39.5 Å². The van der Waals surface area contributed by atoms with Crippen molar-refractivity contribution in [1.82, 2.24) is 8.61 Å². The van der Waals surface area contributed by atoms with Crippen molar-refractivity contribution in [3.63, 3.8) is 0 Å². The lowest BCUT2D eigenvalue weighted by atomic mass is 9.92. The maximum Gasteiger partial charge on any atom is 0.304 e. The molecular formula is C31H41N4O9S2+. The standard InChI is InChI=1S/C31H40N4O9S2/c1-32(2)24-18-25(44-17-16-35(5,6)7)21-9-11-23-27(46(42,43)34(4)15-13-29(38)39)19-26(22-10-8-20(24)30(21)31(22)23)45(40,41)33(3)14-12-28(36)37/h8-11,18-19H,12-17H2,1-7H3,(H-,36,37,38,39)/p+1. The van der Waals surface area contributed by atoms with Gasteiger partial charge in [-0.25, -0.2) is 25.4 Å². The maximum absolute atomic E-state index is 14.0. The smallest absolute Gasteiger partial charge is 0.304 e. The third-order valence-corrected chi connectivity index (χ3v) is 11.7. The van der Waals surface area contributed by atoms with E-state index in [0.717, 1.165) is 25.8 Å². The Balaban J connectivity index is 2.13. The number of anilines is 1. The molecule has 4 aromatic carbocycles. The van der Waals surface area contributed by atoms with Gasteiger partial charge in [0.25, 0.3) is 0 Å². The molecule has 0 aromatic heterocycles. The highest BCUT2D eigenvalue weighted by Gasteiger charge is 2.32. The van der Waals surface area contributed by atoms with Gasteiger partial charge in [0.1, 0.15) is 18.9 Å². The monoisotopic (exact) mass is 677 g/mol. The Kier molecular flexibility index (Phi) is 9.76. The number of quaternary nitrogens is 1. The minimum absolute atomic E-state index is 0.260. The van der Waals surface area contributed by atoms with Crippen LogP contribution in [0.15, 0.2) is 46.2 Å². The van der Waals surface area contributed by atoms with Crippen molar-refractivity contribution in [2.24, 2.45) is 0 Å². The molecule has 0 heterocycles. The first-order chi connectivity index (χ1) is 21.3. The Morgan fingerprint density at radius 1 is 0.717 bits per heavy atom. The third-order valence-electron chi connectivity index (χ3n) is 7.92. The van der Waals surface area contributed by atoms with Crippen molar-refractivity contribution in [2.75, 3.05) is 80.5 Å². The van der Waals surface area contributed by atoms with Crippen LogP contribution in [0.25, 0.3) is 32.3 Å². The quantitative estimate of drug-likeness (QED) is 0.141. The summed E-state index contributed by atoms with van der Waals surface area (Å²) in [6.07, 6.45) is -0.907. The molecule has 0 atom stereocenters. The fourth-order valence-corrected chi connectivity index (χ4v) is 8.15. The minimum atomic E-state index is -4.41. The van der Waals surface area contributed by atoms with Crippen molar-refractivity contribution in [1.29, 1.82) is 0 Å². The lowest BCUT2D eigenvalue weighted by Gasteiger charge is -2.26. The van der Waals surface area contributed by atoms with Gasteiger partial charge in [-0.05, 0) is 12.1 Å². The number of ether oxygens (including phenoxy) is 1. The van der Waals surface area contributed by atoms with Crippen LogP contribution in [-0.2, 0) is 29.6 Å². The zero-order chi connectivity index (χ0) is 34.4. The van der Waals surface area contributed by atoms with Gasteiger partial charge in [-0.15, -0.1) is 0 Å². The summed E-state index contributed by atoms with van der Waals surface area (Å²) >= 11 is 0. The fourth-order valence-electron chi connectivity index (χ4n) is 5.31. The Labute approximate surface area is 269 Å². The Bertz CT molecular complexity index is 1950. The summed E-state index contributed by atoms with van der Waals surface area (Å²) in [5, 5.41) is 21.3. The molecule has 4 rings (SSSR count). The summed E-state index contributed by atoms with van der Waals surface area (Å²) in [6.45, 7) is 0.419. The van der Waals surface area contributed by atoms with Crippen LogP contribution in [0.2, 0.25) is 0 Å². The molecule has 0 bridgehead atoms. The predicted molar refractivity (Wildman–Crippen MR) is 177 cm³/mol. The Morgan fingerprint density at radius 3 is 1.59 bits per heavy atom. The van der Waals surface area contributed by atoms with Gasteiger partial charge in [-0.1, -0.05) is 18.2 Å². The van der Waals surface area contributed by atoms with Crippen LogP contribution < -0.4 is 9.64 Å². The molecule has 2 N–H and O–H groups in total. The van der Waals surface area contributed by atoms with Gasteiger partial charge in [0.2, 0.25) is 20.0 Å². The minimum Gasteiger partial charge on any atom is -0.487 e. The summed E-state index contributed by atoms with van der Waals surface area (Å²) in [4.78, 5) is 23.8. The van der Waals surface area contributed by atoms with E-state index in [4.69, 9.17) is 4.74 Å². The number of carboxylic acids is 2. The van der Waals surface area contributed by atoms with Crippen LogP contribution in [0.5, 0.6) is 5.75 Å². The van der Waals surface area contributed by atoms with E-state index in [1.807, 2.05) is 46.2 Å². The number of benzene rings is 4. The number of aliphatic carboxylic acids is 2. The molecule has 13 nitrogen and oxygen atoms in total. The summed E-state index contributed by atoms with van der Waals surface area (Å²) in [6, 6.07) is 9.80. The van der Waals surface area contributed by atoms with Crippen LogP contribution in [0, 0.1) is 0 Å². The third kappa shape index (κ3) is 6.83. The number of hydrogen-bond acceptors (Lipinski definition) is 8. The van der Waals surface area contributed by atoms with Gasteiger partial charge >= 0.3 is 11.9 Å². The van der Waals surface area contributed by atoms with Gasteiger partial charge in [-0.3, -0.25) is 9.59 Å². The zero-order valence-electron chi connectivity index (χ0n) is 27.1. The lowest BCUT2D eigenvalue weighted by molar-refractivity contribution is -0.870. The number of carboxylic acid groups (broad SMARTS) is 2. The van der Waals surface area contributed by atoms with Crippen LogP contribution in [0.1, 0.15) is 12.8 Å². The molecule has 15 heteroatoms. The van der Waals surface area contributed by atoms with Crippen LogP contribution >= 0.6 is 0 Å². The van der Waals surface area contributed by atoms with E-state index in [1.54, 1.807) is 24.3 Å². The summed E-state index contributed by atoms with van der Waals surface area (Å²) in [5.74, 6) is -1.82. The first-order valence-corrected chi connectivity index (χ1v) is 17.4. The van der Waals surface area contributed by atoms with E-state index < -0.39 is 44.8 Å². The van der Waals surface area contributed by atoms with Gasteiger partial charge in [0.05, 0.1) is 43.8 Å². The number of nitrogens with zero attached hydrogens (tertiary/aromatic N) is 4. The molecule has 0 amide bonds. The fraction of sp³-hybridized carbons (Fsp3) is 0.419. The highest BCUT2D eigenvalue weighted by atomic mass is 32.2. The number of hydrogen-bond donors (Lipinski definition) is 2. The number of carbonyl (C=O) groups is 2. The average Bonchev–Trinajstić information content (AvgIpc) is 2.96. The number of sulfonamides is 2. The van der Waals surface area contributed by atoms with Gasteiger partial charge in [0, 0.05) is 85.4 Å². The van der Waals surface area contributed by atoms with Crippen LogP contribution in [0.3, 0.4) is 0 Å². The molecule has 0 spiro atoms. The largest absolute Gasteiger partial charge is 0.487 e. The highest BCUT2D eigenvalue weighted by Crippen LogP contribution is 2.46. The second-order valence-corrected chi connectivity index (χ2v) is 16.6. The molecule has 46 heavy (non-hydrogen) atoms. The zero-order valence-corrected chi connectivity index (χ0v) is 28.7. The normalized spacial score (nSPS) is 13.0. The topological polar surface area (TPSA) is 162 Å². The van der Waals surface area contributed by atoms with Crippen molar-refractivity contribution in [3.8, 4) is 5.75 Å². The van der Waals surface area contributed by atoms with Crippen molar-refractivity contribution >= 4 is 70.0 Å². The number of likely N-dealkylation sites (N-methyl/N-ethyl adjacent to an activating group) is 1. The van der Waals surface area contributed by atoms with E-state index in [1.165, 1.54) is 14.1 Å². The van der Waals surface area contributed by atoms with E-state index in [-0.39, 0.29) is 33.7 Å². The predicted octanol–water partition coefficient (Wildman–Crippen LogP) is 2.93. The van der Waals surface area contributed by atoms with Gasteiger partial charge < -0.3 is 24.3 Å². The Morgan fingerprint density at radius 2 is 1.15 bits per heavy atom. The van der Waals surface area contributed by atoms with Crippen molar-refractivity contribution < 1.29 is 45.9 Å².